The zero-order chi connectivity index (χ0) is 24.3. The highest BCUT2D eigenvalue weighted by molar-refractivity contribution is 5.43. The molecule has 1 fully saturated rings. The second-order valence-electron chi connectivity index (χ2n) is 8.59. The van der Waals surface area contributed by atoms with Gasteiger partial charge in [0.15, 0.2) is 0 Å². The third-order valence-corrected chi connectivity index (χ3v) is 6.07. The van der Waals surface area contributed by atoms with Gasteiger partial charge in [-0.05, 0) is 47.0 Å². The molecule has 0 saturated carbocycles. The highest BCUT2D eigenvalue weighted by Crippen LogP contribution is 2.22. The molecule has 0 N–H and O–H groups in total. The van der Waals surface area contributed by atoms with Gasteiger partial charge in [-0.15, -0.1) is 0 Å². The lowest BCUT2D eigenvalue weighted by Crippen LogP contribution is -2.38. The summed E-state index contributed by atoms with van der Waals surface area (Å²) < 4.78 is 22.1. The third kappa shape index (κ3) is 7.68. The summed E-state index contributed by atoms with van der Waals surface area (Å²) in [4.78, 5) is 9.41. The number of anilines is 1. The number of pyridine rings is 1. The molecule has 1 aromatic heterocycles. The second-order valence-corrected chi connectivity index (χ2v) is 8.59. The zero-order valence-corrected chi connectivity index (χ0v) is 20.7. The number of hydrogen-bond donors (Lipinski definition) is 0. The number of benzene rings is 2. The number of hydrogen-bond acceptors (Lipinski definition) is 7. The van der Waals surface area contributed by atoms with Gasteiger partial charge in [-0.1, -0.05) is 30.3 Å². The Labute approximate surface area is 208 Å². The van der Waals surface area contributed by atoms with Crippen molar-refractivity contribution >= 4 is 5.82 Å². The van der Waals surface area contributed by atoms with E-state index in [1.807, 2.05) is 30.5 Å². The van der Waals surface area contributed by atoms with E-state index in [1.165, 1.54) is 0 Å². The van der Waals surface area contributed by atoms with Crippen LogP contribution >= 0.6 is 0 Å². The molecule has 7 heteroatoms. The minimum Gasteiger partial charge on any atom is -0.497 e. The van der Waals surface area contributed by atoms with E-state index in [4.69, 9.17) is 23.9 Å². The Morgan fingerprint density at radius 2 is 1.51 bits per heavy atom. The van der Waals surface area contributed by atoms with Crippen LogP contribution in [-0.2, 0) is 29.2 Å². The van der Waals surface area contributed by atoms with Crippen molar-refractivity contribution in [1.82, 2.24) is 9.88 Å². The van der Waals surface area contributed by atoms with Gasteiger partial charge in [-0.25, -0.2) is 4.98 Å². The fraction of sp³-hybridized carbons (Fsp3) is 0.393. The van der Waals surface area contributed by atoms with Crippen LogP contribution in [0.3, 0.4) is 0 Å². The smallest absolute Gasteiger partial charge is 0.129 e. The van der Waals surface area contributed by atoms with Gasteiger partial charge in [-0.2, -0.15) is 0 Å². The number of nitrogens with zero attached hydrogens (tertiary/aromatic N) is 3. The maximum atomic E-state index is 5.90. The van der Waals surface area contributed by atoms with E-state index in [0.29, 0.717) is 26.3 Å². The average Bonchev–Trinajstić information content (AvgIpc) is 2.92. The van der Waals surface area contributed by atoms with Crippen molar-refractivity contribution in [2.75, 3.05) is 58.6 Å². The fourth-order valence-corrected chi connectivity index (χ4v) is 4.10. The van der Waals surface area contributed by atoms with Crippen molar-refractivity contribution < 1.29 is 18.9 Å². The number of methoxy groups -OCH3 is 2. The van der Waals surface area contributed by atoms with Gasteiger partial charge in [0.25, 0.3) is 0 Å². The molecule has 35 heavy (non-hydrogen) atoms. The Morgan fingerprint density at radius 3 is 2.09 bits per heavy atom. The Balaban J connectivity index is 1.41. The molecule has 0 unspecified atom stereocenters. The predicted octanol–water partition coefficient (Wildman–Crippen LogP) is 4.15. The van der Waals surface area contributed by atoms with Crippen LogP contribution in [0.2, 0.25) is 0 Å². The van der Waals surface area contributed by atoms with Crippen LogP contribution in [0.4, 0.5) is 5.82 Å². The average molecular weight is 478 g/mol. The van der Waals surface area contributed by atoms with Gasteiger partial charge in [0, 0.05) is 38.9 Å². The minimum atomic E-state index is 0.559. The molecule has 1 aliphatic rings. The summed E-state index contributed by atoms with van der Waals surface area (Å²) in [6, 6.07) is 20.5. The Bertz CT molecular complexity index is 989. The maximum absolute atomic E-state index is 5.90. The van der Waals surface area contributed by atoms with Crippen LogP contribution in [0.25, 0.3) is 0 Å². The molecular formula is C28H35N3O4. The normalized spacial score (nSPS) is 14.0. The van der Waals surface area contributed by atoms with Crippen LogP contribution < -0.4 is 14.4 Å². The first kappa shape index (κ1) is 25.0. The third-order valence-electron chi connectivity index (χ3n) is 6.07. The zero-order valence-electron chi connectivity index (χ0n) is 20.7. The number of ether oxygens (including phenoxy) is 4. The highest BCUT2D eigenvalue weighted by Gasteiger charge is 2.12. The van der Waals surface area contributed by atoms with Crippen LogP contribution in [0.15, 0.2) is 66.9 Å². The van der Waals surface area contributed by atoms with Gasteiger partial charge < -0.3 is 23.8 Å². The van der Waals surface area contributed by atoms with E-state index in [-0.39, 0.29) is 0 Å². The maximum Gasteiger partial charge on any atom is 0.129 e. The standard InChI is InChI=1S/C28H35N3O4/c1-32-26-7-3-5-23(17-26)20-31(21-24-6-4-8-27(18-24)33-2)28-10-9-25(19-29-28)22-35-16-13-30-11-14-34-15-12-30/h3-10,17-19H,11-16,20-22H2,1-2H3. The van der Waals surface area contributed by atoms with Crippen molar-refractivity contribution in [3.63, 3.8) is 0 Å². The first-order chi connectivity index (χ1) is 17.2. The van der Waals surface area contributed by atoms with E-state index in [1.54, 1.807) is 14.2 Å². The summed E-state index contributed by atoms with van der Waals surface area (Å²) in [6.07, 6.45) is 1.91. The summed E-state index contributed by atoms with van der Waals surface area (Å²) >= 11 is 0. The van der Waals surface area contributed by atoms with Crippen molar-refractivity contribution in [3.05, 3.63) is 83.6 Å². The van der Waals surface area contributed by atoms with Crippen molar-refractivity contribution in [2.24, 2.45) is 0 Å². The minimum absolute atomic E-state index is 0.559. The molecule has 2 aromatic carbocycles. The molecule has 4 rings (SSSR count). The first-order valence-corrected chi connectivity index (χ1v) is 12.1. The van der Waals surface area contributed by atoms with Gasteiger partial charge in [0.1, 0.15) is 17.3 Å². The van der Waals surface area contributed by atoms with Crippen molar-refractivity contribution in [3.8, 4) is 11.5 Å². The predicted molar refractivity (Wildman–Crippen MR) is 137 cm³/mol. The van der Waals surface area contributed by atoms with Crippen LogP contribution in [0.1, 0.15) is 16.7 Å². The van der Waals surface area contributed by atoms with Crippen LogP contribution in [-0.4, -0.2) is 63.6 Å². The molecule has 0 amide bonds. The molecule has 0 spiro atoms. The summed E-state index contributed by atoms with van der Waals surface area (Å²) in [6.45, 7) is 7.20. The molecular weight excluding hydrogens is 442 g/mol. The first-order valence-electron chi connectivity index (χ1n) is 12.1. The summed E-state index contributed by atoms with van der Waals surface area (Å²) in [5.74, 6) is 2.61. The Morgan fingerprint density at radius 1 is 0.857 bits per heavy atom. The summed E-state index contributed by atoms with van der Waals surface area (Å²) in [5, 5.41) is 0. The SMILES string of the molecule is COc1cccc(CN(Cc2cccc(OC)c2)c2ccc(COCCN3CCOCC3)cn2)c1. The van der Waals surface area contributed by atoms with Crippen LogP contribution in [0, 0.1) is 0 Å². The molecule has 0 atom stereocenters. The molecule has 186 valence electrons. The molecule has 0 radical (unpaired) electrons. The second kappa shape index (κ2) is 13.1. The van der Waals surface area contributed by atoms with E-state index in [0.717, 1.165) is 66.9 Å². The Hall–Kier alpha value is -3.13. The van der Waals surface area contributed by atoms with E-state index < -0.39 is 0 Å². The van der Waals surface area contributed by atoms with Crippen molar-refractivity contribution in [2.45, 2.75) is 19.7 Å². The Kier molecular flexibility index (Phi) is 9.34. The molecule has 0 aliphatic carbocycles. The largest absolute Gasteiger partial charge is 0.497 e. The topological polar surface area (TPSA) is 56.3 Å². The molecule has 7 nitrogen and oxygen atoms in total. The number of morpholine rings is 1. The lowest BCUT2D eigenvalue weighted by Gasteiger charge is -2.26. The molecule has 1 aliphatic heterocycles. The van der Waals surface area contributed by atoms with E-state index >= 15 is 0 Å². The quantitative estimate of drug-likeness (QED) is 0.363. The van der Waals surface area contributed by atoms with Gasteiger partial charge in [0.2, 0.25) is 0 Å². The van der Waals surface area contributed by atoms with E-state index in [2.05, 4.69) is 46.2 Å². The number of aromatic nitrogens is 1. The number of rotatable bonds is 12. The van der Waals surface area contributed by atoms with Gasteiger partial charge >= 0.3 is 0 Å². The van der Waals surface area contributed by atoms with E-state index in [9.17, 15) is 0 Å². The fourth-order valence-electron chi connectivity index (χ4n) is 4.10. The highest BCUT2D eigenvalue weighted by atomic mass is 16.5. The molecule has 1 saturated heterocycles. The molecule has 0 bridgehead atoms. The van der Waals surface area contributed by atoms with Gasteiger partial charge in [0.05, 0.1) is 40.6 Å². The molecule has 3 aromatic rings. The van der Waals surface area contributed by atoms with Crippen LogP contribution in [0.5, 0.6) is 11.5 Å². The lowest BCUT2D eigenvalue weighted by atomic mass is 10.1. The monoisotopic (exact) mass is 477 g/mol. The summed E-state index contributed by atoms with van der Waals surface area (Å²) in [7, 11) is 3.38. The lowest BCUT2D eigenvalue weighted by molar-refractivity contribution is 0.0180. The van der Waals surface area contributed by atoms with Crippen molar-refractivity contribution in [1.29, 1.82) is 0 Å². The van der Waals surface area contributed by atoms with Gasteiger partial charge in [-0.3, -0.25) is 4.90 Å². The molecule has 2 heterocycles. The summed E-state index contributed by atoms with van der Waals surface area (Å²) in [5.41, 5.74) is 3.38.